The summed E-state index contributed by atoms with van der Waals surface area (Å²) in [5.74, 6) is 0.324. The van der Waals surface area contributed by atoms with Gasteiger partial charge in [0.05, 0.1) is 4.99 Å². The Morgan fingerprint density at radius 1 is 1.40 bits per heavy atom. The summed E-state index contributed by atoms with van der Waals surface area (Å²) in [5, 5.41) is 3.71. The lowest BCUT2D eigenvalue weighted by molar-refractivity contribution is 0.243. The fourth-order valence-electron chi connectivity index (χ4n) is 2.44. The molecule has 2 heterocycles. The highest BCUT2D eigenvalue weighted by Gasteiger charge is 2.39. The van der Waals surface area contributed by atoms with Crippen LogP contribution in [0.15, 0.2) is 9.42 Å². The predicted octanol–water partition coefficient (Wildman–Crippen LogP) is 1.37. The zero-order valence-corrected chi connectivity index (χ0v) is 13.5. The van der Waals surface area contributed by atoms with Crippen molar-refractivity contribution in [3.8, 4) is 0 Å². The summed E-state index contributed by atoms with van der Waals surface area (Å²) < 4.78 is 31.7. The molecule has 1 aliphatic heterocycles. The highest BCUT2D eigenvalue weighted by Crippen LogP contribution is 2.34. The molecule has 0 spiro atoms. The monoisotopic (exact) mass is 317 g/mol. The number of aryl methyl sites for hydroxylation is 2. The van der Waals surface area contributed by atoms with Gasteiger partial charge in [-0.15, -0.1) is 0 Å². The highest BCUT2D eigenvalue weighted by molar-refractivity contribution is 7.89. The van der Waals surface area contributed by atoms with Crippen molar-refractivity contribution >= 4 is 27.2 Å². The first-order valence-corrected chi connectivity index (χ1v) is 8.26. The molecule has 6 nitrogen and oxygen atoms in total. The second kappa shape index (κ2) is 5.09. The van der Waals surface area contributed by atoms with Gasteiger partial charge in [-0.25, -0.2) is 8.42 Å². The molecule has 0 atom stereocenters. The van der Waals surface area contributed by atoms with Crippen molar-refractivity contribution in [1.82, 2.24) is 9.46 Å². The summed E-state index contributed by atoms with van der Waals surface area (Å²) in [6.45, 7) is 6.03. The molecule has 2 N–H and O–H groups in total. The molecule has 0 saturated carbocycles. The first-order valence-electron chi connectivity index (χ1n) is 6.41. The van der Waals surface area contributed by atoms with Gasteiger partial charge in [0.15, 0.2) is 5.76 Å². The molecule has 1 aromatic rings. The van der Waals surface area contributed by atoms with Gasteiger partial charge in [-0.3, -0.25) is 0 Å². The standard InChI is InChI=1S/C12H19N3O3S2/c1-8-10(9(2)18-14-8)20(16,17)15-6-4-12(3,5-7-15)11(13)19/h4-7H2,1-3H3,(H2,13,19). The number of sulfonamides is 1. The van der Waals surface area contributed by atoms with E-state index in [9.17, 15) is 8.42 Å². The normalized spacial score (nSPS) is 19.9. The topological polar surface area (TPSA) is 89.4 Å². The van der Waals surface area contributed by atoms with Crippen LogP contribution in [0, 0.1) is 19.3 Å². The van der Waals surface area contributed by atoms with Gasteiger partial charge >= 0.3 is 0 Å². The van der Waals surface area contributed by atoms with E-state index in [4.69, 9.17) is 22.5 Å². The van der Waals surface area contributed by atoms with Crippen LogP contribution in [0.3, 0.4) is 0 Å². The summed E-state index contributed by atoms with van der Waals surface area (Å²) in [7, 11) is -3.56. The number of piperidine rings is 1. The quantitative estimate of drug-likeness (QED) is 0.847. The highest BCUT2D eigenvalue weighted by atomic mass is 32.2. The van der Waals surface area contributed by atoms with Crippen LogP contribution in [-0.2, 0) is 10.0 Å². The molecule has 0 aliphatic carbocycles. The maximum Gasteiger partial charge on any atom is 0.248 e. The minimum atomic E-state index is -3.56. The molecule has 8 heteroatoms. The maximum absolute atomic E-state index is 12.6. The van der Waals surface area contributed by atoms with E-state index in [2.05, 4.69) is 5.16 Å². The molecule has 1 aliphatic rings. The Kier molecular flexibility index (Phi) is 3.92. The van der Waals surface area contributed by atoms with Gasteiger partial charge in [0, 0.05) is 18.5 Å². The molecule has 1 fully saturated rings. The second-order valence-corrected chi connectivity index (χ2v) is 7.80. The molecule has 0 amide bonds. The molecule has 0 bridgehead atoms. The third-order valence-corrected chi connectivity index (χ3v) is 6.62. The first kappa shape index (κ1) is 15.4. The SMILES string of the molecule is Cc1noc(C)c1S(=O)(=O)N1CCC(C)(C(N)=S)CC1. The summed E-state index contributed by atoms with van der Waals surface area (Å²) in [4.78, 5) is 0.628. The van der Waals surface area contributed by atoms with Gasteiger partial charge < -0.3 is 10.3 Å². The fraction of sp³-hybridized carbons (Fsp3) is 0.667. The average molecular weight is 317 g/mol. The minimum Gasteiger partial charge on any atom is -0.393 e. The van der Waals surface area contributed by atoms with Crippen LogP contribution in [0.2, 0.25) is 0 Å². The number of rotatable bonds is 3. The maximum atomic E-state index is 12.6. The van der Waals surface area contributed by atoms with E-state index in [1.807, 2.05) is 6.92 Å². The Hall–Kier alpha value is -0.990. The second-order valence-electron chi connectivity index (χ2n) is 5.48. The summed E-state index contributed by atoms with van der Waals surface area (Å²) in [6.07, 6.45) is 1.26. The summed E-state index contributed by atoms with van der Waals surface area (Å²) in [6, 6.07) is 0. The molecule has 0 unspecified atom stereocenters. The minimum absolute atomic E-state index is 0.177. The number of hydrogen-bond donors (Lipinski definition) is 1. The Bertz CT molecular complexity index is 609. The smallest absolute Gasteiger partial charge is 0.248 e. The van der Waals surface area contributed by atoms with Crippen molar-refractivity contribution < 1.29 is 12.9 Å². The zero-order valence-electron chi connectivity index (χ0n) is 11.8. The molecule has 2 rings (SSSR count). The summed E-state index contributed by atoms with van der Waals surface area (Å²) in [5.41, 5.74) is 5.87. The van der Waals surface area contributed by atoms with Crippen LogP contribution in [0.1, 0.15) is 31.2 Å². The Balaban J connectivity index is 2.25. The molecule has 1 aromatic heterocycles. The molecular weight excluding hydrogens is 298 g/mol. The number of nitrogens with two attached hydrogens (primary N) is 1. The van der Waals surface area contributed by atoms with Gasteiger partial charge in [-0.05, 0) is 26.7 Å². The Morgan fingerprint density at radius 3 is 2.35 bits per heavy atom. The van der Waals surface area contributed by atoms with Crippen molar-refractivity contribution in [1.29, 1.82) is 0 Å². The third kappa shape index (κ3) is 2.47. The molecule has 112 valence electrons. The van der Waals surface area contributed by atoms with E-state index in [1.165, 1.54) is 4.31 Å². The summed E-state index contributed by atoms with van der Waals surface area (Å²) >= 11 is 5.07. The third-order valence-electron chi connectivity index (χ3n) is 3.99. The van der Waals surface area contributed by atoms with E-state index in [-0.39, 0.29) is 10.3 Å². The van der Waals surface area contributed by atoms with Crippen LogP contribution >= 0.6 is 12.2 Å². The first-order chi connectivity index (χ1) is 9.18. The van der Waals surface area contributed by atoms with Crippen LogP contribution in [0.5, 0.6) is 0 Å². The van der Waals surface area contributed by atoms with Crippen LogP contribution in [0.25, 0.3) is 0 Å². The zero-order chi connectivity index (χ0) is 15.1. The predicted molar refractivity (Wildman–Crippen MR) is 78.9 cm³/mol. The van der Waals surface area contributed by atoms with E-state index < -0.39 is 10.0 Å². The number of thiocarbonyl (C=S) groups is 1. The fourth-order valence-corrected chi connectivity index (χ4v) is 4.38. The lowest BCUT2D eigenvalue weighted by Gasteiger charge is -2.37. The van der Waals surface area contributed by atoms with Gasteiger partial charge in [0.2, 0.25) is 10.0 Å². The Labute approximate surface area is 124 Å². The van der Waals surface area contributed by atoms with Crippen LogP contribution in [0.4, 0.5) is 0 Å². The van der Waals surface area contributed by atoms with E-state index in [0.29, 0.717) is 42.4 Å². The van der Waals surface area contributed by atoms with Crippen molar-refractivity contribution in [2.45, 2.75) is 38.5 Å². The van der Waals surface area contributed by atoms with Crippen LogP contribution < -0.4 is 5.73 Å². The van der Waals surface area contributed by atoms with Crippen molar-refractivity contribution in [2.75, 3.05) is 13.1 Å². The van der Waals surface area contributed by atoms with Gasteiger partial charge in [-0.2, -0.15) is 4.31 Å². The number of nitrogens with zero attached hydrogens (tertiary/aromatic N) is 2. The van der Waals surface area contributed by atoms with Crippen molar-refractivity contribution in [2.24, 2.45) is 11.1 Å². The lowest BCUT2D eigenvalue weighted by atomic mass is 9.81. The molecule has 20 heavy (non-hydrogen) atoms. The molecule has 0 aromatic carbocycles. The van der Waals surface area contributed by atoms with Gasteiger partial charge in [0.25, 0.3) is 0 Å². The molecular formula is C12H19N3O3S2. The molecule has 0 radical (unpaired) electrons. The van der Waals surface area contributed by atoms with Crippen molar-refractivity contribution in [3.05, 3.63) is 11.5 Å². The van der Waals surface area contributed by atoms with E-state index in [1.54, 1.807) is 13.8 Å². The number of aromatic nitrogens is 1. The molecule has 1 saturated heterocycles. The lowest BCUT2D eigenvalue weighted by Crippen LogP contribution is -2.46. The van der Waals surface area contributed by atoms with Crippen LogP contribution in [-0.4, -0.2) is 36.0 Å². The largest absolute Gasteiger partial charge is 0.393 e. The van der Waals surface area contributed by atoms with Gasteiger partial charge in [0.1, 0.15) is 10.6 Å². The van der Waals surface area contributed by atoms with Gasteiger partial charge in [-0.1, -0.05) is 24.3 Å². The van der Waals surface area contributed by atoms with E-state index >= 15 is 0 Å². The van der Waals surface area contributed by atoms with Crippen molar-refractivity contribution in [3.63, 3.8) is 0 Å². The number of hydrogen-bond acceptors (Lipinski definition) is 5. The van der Waals surface area contributed by atoms with E-state index in [0.717, 1.165) is 0 Å². The Morgan fingerprint density at radius 2 is 1.95 bits per heavy atom. The average Bonchev–Trinajstić information content (AvgIpc) is 2.70.